The Morgan fingerprint density at radius 1 is 1.10 bits per heavy atom. The Hall–Kier alpha value is -5.05. The summed E-state index contributed by atoms with van der Waals surface area (Å²) in [6, 6.07) is 13.2. The first-order valence-corrected chi connectivity index (χ1v) is 16.2. The molecule has 3 aromatic rings. The second-order valence-electron chi connectivity index (χ2n) is 12.5. The number of carbonyl (C=O) groups excluding carboxylic acids is 3. The zero-order chi connectivity index (χ0) is 34.7. The van der Waals surface area contributed by atoms with Gasteiger partial charge in [0.1, 0.15) is 18.0 Å². The fraction of sp³-hybridized carbons (Fsp3) is 0.441. The number of methoxy groups -OCH3 is 1. The monoisotopic (exact) mass is 679 g/mol. The van der Waals surface area contributed by atoms with Gasteiger partial charge in [0.15, 0.2) is 5.82 Å². The first-order chi connectivity index (χ1) is 23.5. The normalized spacial score (nSPS) is 20.8. The molecular weight excluding hydrogens is 640 g/mol. The van der Waals surface area contributed by atoms with Gasteiger partial charge in [-0.3, -0.25) is 9.59 Å². The number of β-amino-alcohol motifs (C(OH)–C–C–N with tert-alkyl or cyclic N) is 1. The van der Waals surface area contributed by atoms with Crippen LogP contribution in [-0.2, 0) is 16.1 Å². The topological polar surface area (TPSA) is 149 Å². The van der Waals surface area contributed by atoms with E-state index in [1.165, 1.54) is 36.2 Å². The number of halogens is 2. The van der Waals surface area contributed by atoms with Crippen LogP contribution >= 0.6 is 0 Å². The predicted molar refractivity (Wildman–Crippen MR) is 176 cm³/mol. The number of ether oxygens (including phenoxy) is 2. The number of amides is 3. The first-order valence-electron chi connectivity index (χ1n) is 16.2. The number of carbonyl (C=O) groups is 3. The van der Waals surface area contributed by atoms with Gasteiger partial charge < -0.3 is 39.9 Å². The van der Waals surface area contributed by atoms with Crippen LogP contribution in [0.25, 0.3) is 0 Å². The molecule has 2 fully saturated rings. The molecule has 2 unspecified atom stereocenters. The van der Waals surface area contributed by atoms with Crippen LogP contribution in [0.1, 0.15) is 48.0 Å². The summed E-state index contributed by atoms with van der Waals surface area (Å²) in [5, 5.41) is 16.6. The molecule has 6 rings (SSSR count). The van der Waals surface area contributed by atoms with E-state index in [-0.39, 0.29) is 48.0 Å². The lowest BCUT2D eigenvalue weighted by molar-refractivity contribution is -0.140. The van der Waals surface area contributed by atoms with Crippen molar-refractivity contribution in [2.45, 2.75) is 62.8 Å². The Morgan fingerprint density at radius 3 is 2.57 bits per heavy atom. The van der Waals surface area contributed by atoms with Gasteiger partial charge >= 0.3 is 12.0 Å². The lowest BCUT2D eigenvalue weighted by Gasteiger charge is -2.35. The van der Waals surface area contributed by atoms with Crippen LogP contribution in [0.2, 0.25) is 0 Å². The molecule has 2 aromatic carbocycles. The molecule has 49 heavy (non-hydrogen) atoms. The van der Waals surface area contributed by atoms with Gasteiger partial charge in [-0.1, -0.05) is 43.2 Å². The molecule has 0 bridgehead atoms. The average Bonchev–Trinajstić information content (AvgIpc) is 3.63. The number of fused-ring (bicyclic) bond motifs is 1. The van der Waals surface area contributed by atoms with E-state index in [1.54, 1.807) is 12.1 Å². The van der Waals surface area contributed by atoms with E-state index in [0.717, 1.165) is 36.1 Å². The Bertz CT molecular complexity index is 1690. The fourth-order valence-electron chi connectivity index (χ4n) is 6.49. The molecule has 260 valence electrons. The quantitative estimate of drug-likeness (QED) is 0.318. The van der Waals surface area contributed by atoms with Gasteiger partial charge in [0.05, 0.1) is 44.2 Å². The lowest BCUT2D eigenvalue weighted by atomic mass is 10.0. The van der Waals surface area contributed by atoms with Crippen molar-refractivity contribution in [3.63, 3.8) is 0 Å². The van der Waals surface area contributed by atoms with Crippen molar-refractivity contribution in [3.05, 3.63) is 65.9 Å². The molecule has 1 aliphatic carbocycles. The molecule has 3 heterocycles. The van der Waals surface area contributed by atoms with Gasteiger partial charge in [0, 0.05) is 25.2 Å². The van der Waals surface area contributed by atoms with Crippen LogP contribution in [0.4, 0.5) is 36.7 Å². The maximum absolute atomic E-state index is 14.9. The summed E-state index contributed by atoms with van der Waals surface area (Å²) in [5.41, 5.74) is 1.72. The number of aliphatic hydroxyl groups is 1. The van der Waals surface area contributed by atoms with Gasteiger partial charge in [-0.05, 0) is 43.0 Å². The zero-order valence-electron chi connectivity index (χ0n) is 27.3. The number of nitrogens with zero attached hydrogens (tertiary/aromatic N) is 5. The molecule has 3 aliphatic rings. The van der Waals surface area contributed by atoms with Crippen molar-refractivity contribution in [3.8, 4) is 5.75 Å². The maximum atomic E-state index is 14.9. The molecule has 0 radical (unpaired) electrons. The van der Waals surface area contributed by atoms with E-state index in [2.05, 4.69) is 20.6 Å². The van der Waals surface area contributed by atoms with Crippen molar-refractivity contribution in [2.24, 2.45) is 0 Å². The molecule has 1 saturated carbocycles. The lowest BCUT2D eigenvalue weighted by Crippen LogP contribution is -2.55. The molecular formula is C34H39F2N7O6. The van der Waals surface area contributed by atoms with Crippen LogP contribution in [0.15, 0.2) is 54.7 Å². The average molecular weight is 680 g/mol. The van der Waals surface area contributed by atoms with Crippen molar-refractivity contribution in [2.75, 3.05) is 48.9 Å². The second kappa shape index (κ2) is 14.2. The van der Waals surface area contributed by atoms with Crippen LogP contribution in [0.3, 0.4) is 0 Å². The van der Waals surface area contributed by atoms with Crippen LogP contribution in [0, 0.1) is 0 Å². The Balaban J connectivity index is 1.11. The second-order valence-corrected chi connectivity index (χ2v) is 12.5. The number of nitrogens with one attached hydrogen (secondary N) is 2. The van der Waals surface area contributed by atoms with Crippen LogP contribution < -0.4 is 25.2 Å². The van der Waals surface area contributed by atoms with E-state index >= 15 is 0 Å². The van der Waals surface area contributed by atoms with E-state index in [0.29, 0.717) is 18.7 Å². The molecule has 15 heteroatoms. The molecule has 13 nitrogen and oxygen atoms in total. The number of alkyl halides is 2. The third-order valence-corrected chi connectivity index (χ3v) is 9.21. The SMILES string of the molecule is COc1cc(C(=O)NC2CCN(C(=O)OCc3ccccc3)CC2O)ccc1Nc1ncc2c(n1)N(C1CCCC1)CC(F)(F)C(=O)N2C. The summed E-state index contributed by atoms with van der Waals surface area (Å²) in [6.45, 7) is -0.356. The smallest absolute Gasteiger partial charge is 0.410 e. The summed E-state index contributed by atoms with van der Waals surface area (Å²) in [5.74, 6) is -4.73. The third kappa shape index (κ3) is 7.36. The summed E-state index contributed by atoms with van der Waals surface area (Å²) in [4.78, 5) is 51.1. The molecule has 0 spiro atoms. The minimum atomic E-state index is -3.59. The summed E-state index contributed by atoms with van der Waals surface area (Å²) in [6.07, 6.45) is 3.37. The number of rotatable bonds is 8. The van der Waals surface area contributed by atoms with Crippen molar-refractivity contribution < 1.29 is 37.7 Å². The van der Waals surface area contributed by atoms with Crippen molar-refractivity contribution >= 4 is 41.0 Å². The highest BCUT2D eigenvalue weighted by Gasteiger charge is 2.48. The van der Waals surface area contributed by atoms with Crippen molar-refractivity contribution in [1.82, 2.24) is 20.2 Å². The Labute approximate surface area is 282 Å². The third-order valence-electron chi connectivity index (χ3n) is 9.21. The van der Waals surface area contributed by atoms with Crippen molar-refractivity contribution in [1.29, 1.82) is 0 Å². The minimum absolute atomic E-state index is 0.00525. The van der Waals surface area contributed by atoms with Gasteiger partial charge in [0.25, 0.3) is 11.8 Å². The van der Waals surface area contributed by atoms with Gasteiger partial charge in [-0.15, -0.1) is 0 Å². The number of benzene rings is 2. The van der Waals surface area contributed by atoms with Gasteiger partial charge in [-0.2, -0.15) is 13.8 Å². The van der Waals surface area contributed by atoms with Crippen LogP contribution in [0.5, 0.6) is 5.75 Å². The highest BCUT2D eigenvalue weighted by molar-refractivity contribution is 6.02. The number of piperidine rings is 1. The molecule has 2 atom stereocenters. The highest BCUT2D eigenvalue weighted by atomic mass is 19.3. The fourth-order valence-corrected chi connectivity index (χ4v) is 6.49. The molecule has 2 aliphatic heterocycles. The number of aromatic nitrogens is 2. The van der Waals surface area contributed by atoms with E-state index < -0.39 is 42.5 Å². The van der Waals surface area contributed by atoms with Gasteiger partial charge in [-0.25, -0.2) is 9.78 Å². The maximum Gasteiger partial charge on any atom is 0.410 e. The largest absolute Gasteiger partial charge is 0.495 e. The first kappa shape index (κ1) is 33.8. The number of likely N-dealkylation sites (tertiary alicyclic amines) is 1. The molecule has 1 saturated heterocycles. The predicted octanol–water partition coefficient (Wildman–Crippen LogP) is 4.09. The van der Waals surface area contributed by atoms with E-state index in [1.807, 2.05) is 30.3 Å². The highest BCUT2D eigenvalue weighted by Crippen LogP contribution is 2.40. The summed E-state index contributed by atoms with van der Waals surface area (Å²) < 4.78 is 40.8. The Morgan fingerprint density at radius 2 is 1.86 bits per heavy atom. The molecule has 3 amide bonds. The summed E-state index contributed by atoms with van der Waals surface area (Å²) >= 11 is 0. The molecule has 3 N–H and O–H groups in total. The van der Waals surface area contributed by atoms with E-state index in [4.69, 9.17) is 9.47 Å². The standard InChI is InChI=1S/C34H39F2N7O6/c1-41-26-17-37-32(40-29(26)43(23-10-6-7-11-23)20-34(35,36)31(41)46)39-25-13-12-22(16-28(25)48-2)30(45)38-24-14-15-42(18-27(24)44)33(47)49-19-21-8-4-3-5-9-21/h3-5,8-9,12-13,16-17,23-24,27,44H,6-7,10-11,14-15,18-20H2,1-2H3,(H,38,45)(H,37,39,40). The summed E-state index contributed by atoms with van der Waals surface area (Å²) in [7, 11) is 2.72. The van der Waals surface area contributed by atoms with Gasteiger partial charge in [0.2, 0.25) is 5.95 Å². The number of hydrogen-bond donors (Lipinski definition) is 3. The van der Waals surface area contributed by atoms with E-state index in [9.17, 15) is 28.3 Å². The minimum Gasteiger partial charge on any atom is -0.495 e. The Kier molecular flexibility index (Phi) is 9.81. The zero-order valence-corrected chi connectivity index (χ0v) is 27.3. The van der Waals surface area contributed by atoms with Crippen LogP contribution in [-0.4, -0.2) is 95.8 Å². The molecule has 1 aromatic heterocycles. The number of anilines is 4. The number of aliphatic hydroxyl groups excluding tert-OH is 1. The number of hydrogen-bond acceptors (Lipinski definition) is 10.